The number of hydrogen-bond donors (Lipinski definition) is 1. The second-order valence-electron chi connectivity index (χ2n) is 5.62. The van der Waals surface area contributed by atoms with Gasteiger partial charge in [0.05, 0.1) is 20.1 Å². The largest absolute Gasteiger partial charge is 0.468 e. The van der Waals surface area contributed by atoms with Crippen molar-refractivity contribution in [2.75, 3.05) is 25.1 Å². The molecule has 0 fully saturated rings. The average Bonchev–Trinajstić information content (AvgIpc) is 2.63. The molecule has 2 aromatic carbocycles. The van der Waals surface area contributed by atoms with Crippen LogP contribution in [0.2, 0.25) is 0 Å². The van der Waals surface area contributed by atoms with Crippen molar-refractivity contribution in [1.29, 1.82) is 0 Å². The molecule has 142 valence electrons. The van der Waals surface area contributed by atoms with Crippen LogP contribution in [0.4, 0.5) is 14.5 Å². The van der Waals surface area contributed by atoms with Crippen LogP contribution in [0.3, 0.4) is 0 Å². The van der Waals surface area contributed by atoms with Crippen molar-refractivity contribution in [1.82, 2.24) is 5.32 Å². The summed E-state index contributed by atoms with van der Waals surface area (Å²) < 4.78 is 30.9. The molecule has 0 spiro atoms. The third kappa shape index (κ3) is 6.18. The summed E-state index contributed by atoms with van der Waals surface area (Å²) in [6.07, 6.45) is -0.287. The van der Waals surface area contributed by atoms with E-state index in [1.165, 1.54) is 12.0 Å². The molecule has 0 aliphatic heterocycles. The molecule has 0 aliphatic carbocycles. The van der Waals surface area contributed by atoms with E-state index in [1.54, 1.807) is 30.3 Å². The van der Waals surface area contributed by atoms with Crippen molar-refractivity contribution in [2.45, 2.75) is 6.42 Å². The highest BCUT2D eigenvalue weighted by Gasteiger charge is 2.20. The van der Waals surface area contributed by atoms with Crippen molar-refractivity contribution in [2.24, 2.45) is 0 Å². The monoisotopic (exact) mass is 376 g/mol. The van der Waals surface area contributed by atoms with Gasteiger partial charge in [0.2, 0.25) is 11.8 Å². The molecular weight excluding hydrogens is 358 g/mol. The lowest BCUT2D eigenvalue weighted by atomic mass is 10.1. The van der Waals surface area contributed by atoms with Crippen LogP contribution in [0.15, 0.2) is 48.5 Å². The van der Waals surface area contributed by atoms with Crippen LogP contribution >= 0.6 is 0 Å². The van der Waals surface area contributed by atoms with Gasteiger partial charge < -0.3 is 10.1 Å². The maximum absolute atomic E-state index is 13.2. The fourth-order valence-corrected chi connectivity index (χ4v) is 2.36. The molecule has 0 aromatic heterocycles. The van der Waals surface area contributed by atoms with Crippen molar-refractivity contribution >= 4 is 23.5 Å². The fraction of sp³-hybridized carbons (Fsp3) is 0.211. The Labute approximate surface area is 154 Å². The summed E-state index contributed by atoms with van der Waals surface area (Å²) in [4.78, 5) is 37.1. The van der Waals surface area contributed by atoms with Gasteiger partial charge in [-0.2, -0.15) is 0 Å². The number of rotatable bonds is 7. The normalized spacial score (nSPS) is 10.2. The van der Waals surface area contributed by atoms with Crippen molar-refractivity contribution in [3.05, 3.63) is 65.7 Å². The first-order valence-electron chi connectivity index (χ1n) is 8.03. The van der Waals surface area contributed by atoms with Gasteiger partial charge in [0.1, 0.15) is 18.2 Å². The summed E-state index contributed by atoms with van der Waals surface area (Å²) in [7, 11) is 1.20. The predicted molar refractivity (Wildman–Crippen MR) is 93.9 cm³/mol. The van der Waals surface area contributed by atoms with Crippen molar-refractivity contribution in [3.8, 4) is 0 Å². The molecule has 27 heavy (non-hydrogen) atoms. The quantitative estimate of drug-likeness (QED) is 0.748. The summed E-state index contributed by atoms with van der Waals surface area (Å²) in [5, 5.41) is 2.38. The topological polar surface area (TPSA) is 75.7 Å². The van der Waals surface area contributed by atoms with Crippen molar-refractivity contribution in [3.63, 3.8) is 0 Å². The number of methoxy groups -OCH3 is 1. The van der Waals surface area contributed by atoms with Gasteiger partial charge in [-0.15, -0.1) is 0 Å². The number of hydrogen-bond acceptors (Lipinski definition) is 4. The van der Waals surface area contributed by atoms with E-state index in [0.717, 1.165) is 12.1 Å². The minimum Gasteiger partial charge on any atom is -0.468 e. The number of nitrogens with zero attached hydrogens (tertiary/aromatic N) is 1. The highest BCUT2D eigenvalue weighted by Crippen LogP contribution is 2.13. The molecule has 0 unspecified atom stereocenters. The third-order valence-electron chi connectivity index (χ3n) is 3.61. The van der Waals surface area contributed by atoms with E-state index < -0.39 is 29.4 Å². The van der Waals surface area contributed by atoms with E-state index in [2.05, 4.69) is 10.1 Å². The Morgan fingerprint density at radius 1 is 1.04 bits per heavy atom. The average molecular weight is 376 g/mol. The molecule has 2 rings (SSSR count). The van der Waals surface area contributed by atoms with Crippen LogP contribution in [0.1, 0.15) is 5.56 Å². The molecule has 2 aromatic rings. The van der Waals surface area contributed by atoms with Crippen molar-refractivity contribution < 1.29 is 27.9 Å². The van der Waals surface area contributed by atoms with Gasteiger partial charge in [0, 0.05) is 11.8 Å². The number of amides is 2. The Morgan fingerprint density at radius 3 is 2.26 bits per heavy atom. The number of esters is 1. The Bertz CT molecular complexity index is 807. The van der Waals surface area contributed by atoms with Gasteiger partial charge in [-0.3, -0.25) is 19.3 Å². The summed E-state index contributed by atoms with van der Waals surface area (Å²) >= 11 is 0. The van der Waals surface area contributed by atoms with E-state index in [9.17, 15) is 23.2 Å². The lowest BCUT2D eigenvalue weighted by Gasteiger charge is -2.21. The molecule has 0 saturated heterocycles. The predicted octanol–water partition coefficient (Wildman–Crippen LogP) is 1.83. The maximum atomic E-state index is 13.2. The Balaban J connectivity index is 1.99. The molecule has 0 heterocycles. The molecule has 0 bridgehead atoms. The Kier molecular flexibility index (Phi) is 6.99. The summed E-state index contributed by atoms with van der Waals surface area (Å²) in [5.41, 5.74) is 0.612. The van der Waals surface area contributed by atoms with Crippen LogP contribution in [-0.2, 0) is 25.5 Å². The first-order chi connectivity index (χ1) is 12.9. The third-order valence-corrected chi connectivity index (χ3v) is 3.61. The number of ether oxygens (including phenoxy) is 1. The zero-order valence-corrected chi connectivity index (χ0v) is 14.6. The maximum Gasteiger partial charge on any atom is 0.325 e. The van der Waals surface area contributed by atoms with Gasteiger partial charge in [-0.1, -0.05) is 18.2 Å². The molecule has 0 saturated carbocycles. The van der Waals surface area contributed by atoms with Gasteiger partial charge in [-0.05, 0) is 29.8 Å². The smallest absolute Gasteiger partial charge is 0.325 e. The Hall–Kier alpha value is -3.29. The van der Waals surface area contributed by atoms with E-state index >= 15 is 0 Å². The zero-order valence-electron chi connectivity index (χ0n) is 14.6. The first-order valence-corrected chi connectivity index (χ1v) is 8.03. The SMILES string of the molecule is COC(=O)CN(C(=O)CNC(=O)Cc1cc(F)cc(F)c1)c1ccccc1. The van der Waals surface area contributed by atoms with Gasteiger partial charge in [0.25, 0.3) is 0 Å². The van der Waals surface area contributed by atoms with E-state index in [4.69, 9.17) is 0 Å². The lowest BCUT2D eigenvalue weighted by Crippen LogP contribution is -2.43. The minimum atomic E-state index is -0.790. The zero-order chi connectivity index (χ0) is 19.8. The molecular formula is C19H18F2N2O4. The van der Waals surface area contributed by atoms with Crippen LogP contribution < -0.4 is 10.2 Å². The van der Waals surface area contributed by atoms with E-state index in [1.807, 2.05) is 0 Å². The van der Waals surface area contributed by atoms with Gasteiger partial charge in [-0.25, -0.2) is 8.78 Å². The number of nitrogens with one attached hydrogen (secondary N) is 1. The van der Waals surface area contributed by atoms with E-state index in [0.29, 0.717) is 11.8 Å². The fourth-order valence-electron chi connectivity index (χ4n) is 2.36. The molecule has 0 atom stereocenters. The number of carbonyl (C=O) groups excluding carboxylic acids is 3. The summed E-state index contributed by atoms with van der Waals surface area (Å²) in [6.45, 7) is -0.702. The standard InChI is InChI=1S/C19H18F2N2O4/c1-27-19(26)12-23(16-5-3-2-4-6-16)18(25)11-22-17(24)9-13-7-14(20)10-15(21)8-13/h2-8,10H,9,11-12H2,1H3,(H,22,24). The minimum absolute atomic E-state index is 0.145. The highest BCUT2D eigenvalue weighted by molar-refractivity contribution is 6.00. The highest BCUT2D eigenvalue weighted by atomic mass is 19.1. The van der Waals surface area contributed by atoms with Gasteiger partial charge in [0.15, 0.2) is 0 Å². The molecule has 2 amide bonds. The molecule has 1 N–H and O–H groups in total. The second kappa shape index (κ2) is 9.42. The lowest BCUT2D eigenvalue weighted by molar-refractivity contribution is -0.140. The summed E-state index contributed by atoms with van der Waals surface area (Å²) in [6, 6.07) is 11.2. The number of benzene rings is 2. The van der Waals surface area contributed by atoms with Crippen LogP contribution in [0.5, 0.6) is 0 Å². The number of carbonyl (C=O) groups is 3. The second-order valence-corrected chi connectivity index (χ2v) is 5.62. The van der Waals surface area contributed by atoms with Crippen LogP contribution in [-0.4, -0.2) is 38.0 Å². The van der Waals surface area contributed by atoms with Crippen LogP contribution in [0, 0.1) is 11.6 Å². The molecule has 6 nitrogen and oxygen atoms in total. The number of halogens is 2. The summed E-state index contributed by atoms with van der Waals surface area (Å²) in [5.74, 6) is -3.32. The van der Waals surface area contributed by atoms with Crippen LogP contribution in [0.25, 0.3) is 0 Å². The molecule has 0 aliphatic rings. The Morgan fingerprint density at radius 2 is 1.67 bits per heavy atom. The molecule has 0 radical (unpaired) electrons. The van der Waals surface area contributed by atoms with Gasteiger partial charge >= 0.3 is 5.97 Å². The first kappa shape index (κ1) is 20.0. The molecule has 8 heteroatoms. The van der Waals surface area contributed by atoms with E-state index in [-0.39, 0.29) is 25.1 Å². The number of anilines is 1. The number of para-hydroxylation sites is 1.